The van der Waals surface area contributed by atoms with Crippen molar-refractivity contribution in [1.29, 1.82) is 0 Å². The molecule has 0 aromatic heterocycles. The maximum atomic E-state index is 5.84. The van der Waals surface area contributed by atoms with Crippen molar-refractivity contribution in [3.8, 4) is 5.75 Å². The molecular weight excluding hydrogens is 278 g/mol. The lowest BCUT2D eigenvalue weighted by molar-refractivity contribution is 0.306. The lowest BCUT2D eigenvalue weighted by atomic mass is 10.1. The van der Waals surface area contributed by atoms with Crippen LogP contribution in [-0.4, -0.2) is 12.6 Å². The van der Waals surface area contributed by atoms with Gasteiger partial charge in [0.15, 0.2) is 0 Å². The van der Waals surface area contributed by atoms with E-state index >= 15 is 0 Å². The molecule has 17 heavy (non-hydrogen) atoms. The Kier molecular flexibility index (Phi) is 6.30. The molecule has 2 N–H and O–H groups in total. The van der Waals surface area contributed by atoms with Crippen molar-refractivity contribution in [1.82, 2.24) is 0 Å². The number of allylic oxidation sites excluding steroid dienone is 1. The molecule has 2 nitrogen and oxygen atoms in total. The van der Waals surface area contributed by atoms with E-state index in [9.17, 15) is 0 Å². The van der Waals surface area contributed by atoms with Crippen LogP contribution in [0.25, 0.3) is 0 Å². The molecule has 1 rings (SSSR count). The fourth-order valence-corrected chi connectivity index (χ4v) is 2.15. The van der Waals surface area contributed by atoms with Crippen LogP contribution in [0.15, 0.2) is 35.3 Å². The fourth-order valence-electron chi connectivity index (χ4n) is 1.62. The van der Waals surface area contributed by atoms with E-state index in [1.54, 1.807) is 0 Å². The van der Waals surface area contributed by atoms with Crippen LogP contribution in [0.3, 0.4) is 0 Å². The maximum Gasteiger partial charge on any atom is 0.136 e. The van der Waals surface area contributed by atoms with Crippen LogP contribution < -0.4 is 10.5 Å². The molecule has 94 valence electrons. The first kappa shape index (κ1) is 14.3. The first-order chi connectivity index (χ1) is 8.15. The number of nitrogens with two attached hydrogens (primary N) is 1. The zero-order valence-electron chi connectivity index (χ0n) is 10.3. The molecule has 1 atom stereocenters. The summed E-state index contributed by atoms with van der Waals surface area (Å²) in [6.07, 6.45) is 4.71. The highest BCUT2D eigenvalue weighted by Crippen LogP contribution is 2.30. The van der Waals surface area contributed by atoms with Gasteiger partial charge in [0.1, 0.15) is 5.75 Å². The van der Waals surface area contributed by atoms with Gasteiger partial charge in [-0.15, -0.1) is 6.58 Å². The minimum absolute atomic E-state index is 0.139. The van der Waals surface area contributed by atoms with E-state index in [0.717, 1.165) is 35.0 Å². The van der Waals surface area contributed by atoms with Gasteiger partial charge in [-0.25, -0.2) is 0 Å². The molecule has 0 bridgehead atoms. The molecule has 1 aromatic carbocycles. The Morgan fingerprint density at radius 2 is 2.29 bits per heavy atom. The topological polar surface area (TPSA) is 35.2 Å². The number of hydrogen-bond donors (Lipinski definition) is 1. The normalized spacial score (nSPS) is 12.2. The summed E-state index contributed by atoms with van der Waals surface area (Å²) in [6.45, 7) is 6.41. The van der Waals surface area contributed by atoms with E-state index in [1.807, 2.05) is 25.1 Å². The van der Waals surface area contributed by atoms with Gasteiger partial charge in [-0.2, -0.15) is 0 Å². The third-order valence-corrected chi connectivity index (χ3v) is 3.01. The molecular formula is C14H20BrNO. The Hall–Kier alpha value is -0.800. The second-order valence-corrected chi connectivity index (χ2v) is 5.04. The van der Waals surface area contributed by atoms with E-state index in [2.05, 4.69) is 28.6 Å². The van der Waals surface area contributed by atoms with E-state index in [4.69, 9.17) is 10.5 Å². The van der Waals surface area contributed by atoms with E-state index in [-0.39, 0.29) is 6.04 Å². The van der Waals surface area contributed by atoms with Crippen molar-refractivity contribution in [3.05, 3.63) is 40.9 Å². The van der Waals surface area contributed by atoms with Crippen LogP contribution in [0.4, 0.5) is 0 Å². The summed E-state index contributed by atoms with van der Waals surface area (Å²) in [5.41, 5.74) is 7.00. The number of rotatable bonds is 7. The van der Waals surface area contributed by atoms with E-state index in [1.165, 1.54) is 0 Å². The average Bonchev–Trinajstić information content (AvgIpc) is 2.26. The molecule has 1 aromatic rings. The van der Waals surface area contributed by atoms with Crippen LogP contribution in [0.5, 0.6) is 5.75 Å². The minimum Gasteiger partial charge on any atom is -0.492 e. The van der Waals surface area contributed by atoms with Crippen molar-refractivity contribution in [2.75, 3.05) is 6.61 Å². The first-order valence-corrected chi connectivity index (χ1v) is 6.71. The number of halogens is 1. The molecule has 0 aliphatic carbocycles. The van der Waals surface area contributed by atoms with E-state index < -0.39 is 0 Å². The number of para-hydroxylation sites is 1. The zero-order valence-corrected chi connectivity index (χ0v) is 11.9. The molecule has 0 radical (unpaired) electrons. The summed E-state index contributed by atoms with van der Waals surface area (Å²) in [7, 11) is 0. The number of unbranched alkanes of at least 4 members (excludes halogenated alkanes) is 1. The van der Waals surface area contributed by atoms with Crippen LogP contribution in [-0.2, 0) is 6.42 Å². The molecule has 1 unspecified atom stereocenters. The number of ether oxygens (including phenoxy) is 1. The number of benzene rings is 1. The predicted molar refractivity (Wildman–Crippen MR) is 76.4 cm³/mol. The van der Waals surface area contributed by atoms with Gasteiger partial charge in [0.2, 0.25) is 0 Å². The van der Waals surface area contributed by atoms with E-state index in [0.29, 0.717) is 6.61 Å². The quantitative estimate of drug-likeness (QED) is 0.615. The van der Waals surface area contributed by atoms with Crippen molar-refractivity contribution in [2.45, 2.75) is 32.2 Å². The van der Waals surface area contributed by atoms with Gasteiger partial charge < -0.3 is 10.5 Å². The molecule has 0 amide bonds. The van der Waals surface area contributed by atoms with Crippen LogP contribution >= 0.6 is 15.9 Å². The van der Waals surface area contributed by atoms with Gasteiger partial charge in [0.05, 0.1) is 11.1 Å². The van der Waals surface area contributed by atoms with Crippen LogP contribution in [0, 0.1) is 0 Å². The van der Waals surface area contributed by atoms with Crippen molar-refractivity contribution < 1.29 is 4.74 Å². The van der Waals surface area contributed by atoms with Gasteiger partial charge in [0, 0.05) is 6.04 Å². The smallest absolute Gasteiger partial charge is 0.136 e. The monoisotopic (exact) mass is 297 g/mol. The van der Waals surface area contributed by atoms with Crippen LogP contribution in [0.1, 0.15) is 25.3 Å². The zero-order chi connectivity index (χ0) is 12.7. The van der Waals surface area contributed by atoms with Gasteiger partial charge in [-0.3, -0.25) is 0 Å². The second kappa shape index (κ2) is 7.51. The van der Waals surface area contributed by atoms with Gasteiger partial charge >= 0.3 is 0 Å². The van der Waals surface area contributed by atoms with Crippen LogP contribution in [0.2, 0.25) is 0 Å². The third kappa shape index (κ3) is 4.92. The molecule has 0 fully saturated rings. The Morgan fingerprint density at radius 1 is 1.53 bits per heavy atom. The first-order valence-electron chi connectivity index (χ1n) is 5.91. The SMILES string of the molecule is C=CCCCOc1c(Br)cccc1CC(C)N. The minimum atomic E-state index is 0.139. The summed E-state index contributed by atoms with van der Waals surface area (Å²) < 4.78 is 6.82. The van der Waals surface area contributed by atoms with Gasteiger partial charge in [-0.1, -0.05) is 18.2 Å². The summed E-state index contributed by atoms with van der Waals surface area (Å²) in [4.78, 5) is 0. The van der Waals surface area contributed by atoms with Crippen molar-refractivity contribution in [3.63, 3.8) is 0 Å². The second-order valence-electron chi connectivity index (χ2n) is 4.19. The van der Waals surface area contributed by atoms with Crippen molar-refractivity contribution in [2.24, 2.45) is 5.73 Å². The third-order valence-electron chi connectivity index (χ3n) is 2.39. The van der Waals surface area contributed by atoms with Crippen molar-refractivity contribution >= 4 is 15.9 Å². The summed E-state index contributed by atoms with van der Waals surface area (Å²) in [5.74, 6) is 0.925. The molecule has 0 heterocycles. The standard InChI is InChI=1S/C14H20BrNO/c1-3-4-5-9-17-14-12(10-11(2)16)7-6-8-13(14)15/h3,6-8,11H,1,4-5,9-10,16H2,2H3. The summed E-state index contributed by atoms with van der Waals surface area (Å²) in [5, 5.41) is 0. The average molecular weight is 298 g/mol. The molecule has 0 aliphatic heterocycles. The Labute approximate surface area is 112 Å². The highest BCUT2D eigenvalue weighted by atomic mass is 79.9. The molecule has 0 aliphatic rings. The molecule has 0 saturated heterocycles. The number of hydrogen-bond acceptors (Lipinski definition) is 2. The Bertz CT molecular complexity index is 363. The highest BCUT2D eigenvalue weighted by Gasteiger charge is 2.09. The van der Waals surface area contributed by atoms with Gasteiger partial charge in [-0.05, 0) is 53.7 Å². The summed E-state index contributed by atoms with van der Waals surface area (Å²) >= 11 is 3.52. The lowest BCUT2D eigenvalue weighted by Crippen LogP contribution is -2.18. The van der Waals surface area contributed by atoms with Gasteiger partial charge in [0.25, 0.3) is 0 Å². The Morgan fingerprint density at radius 3 is 2.94 bits per heavy atom. The molecule has 0 saturated carbocycles. The summed E-state index contributed by atoms with van der Waals surface area (Å²) in [6, 6.07) is 6.21. The fraction of sp³-hybridized carbons (Fsp3) is 0.429. The highest BCUT2D eigenvalue weighted by molar-refractivity contribution is 9.10. The maximum absolute atomic E-state index is 5.84. The predicted octanol–water partition coefficient (Wildman–Crippen LogP) is 3.68. The largest absolute Gasteiger partial charge is 0.492 e. The lowest BCUT2D eigenvalue weighted by Gasteiger charge is -2.14. The Balaban J connectivity index is 2.69. The molecule has 0 spiro atoms. The molecule has 3 heteroatoms.